The van der Waals surface area contributed by atoms with Crippen molar-refractivity contribution >= 4 is 5.97 Å². The first-order chi connectivity index (χ1) is 10.2. The number of hydrogen-bond acceptors (Lipinski definition) is 5. The molecule has 0 unspecified atom stereocenters. The van der Waals surface area contributed by atoms with E-state index in [9.17, 15) is 26.7 Å². The molecule has 10 heteroatoms. The summed E-state index contributed by atoms with van der Waals surface area (Å²) in [6.45, 7) is 1.19. The van der Waals surface area contributed by atoms with Crippen LogP contribution in [0.3, 0.4) is 0 Å². The van der Waals surface area contributed by atoms with Crippen LogP contribution < -0.4 is 10.5 Å². The largest absolute Gasteiger partial charge is 0.574 e. The number of hydrogen-bond donors (Lipinski definition) is 1. The van der Waals surface area contributed by atoms with Gasteiger partial charge < -0.3 is 15.2 Å². The minimum atomic E-state index is -5.20. The number of esters is 1. The first-order valence-corrected chi connectivity index (χ1v) is 6.10. The van der Waals surface area contributed by atoms with Gasteiger partial charge in [-0.1, -0.05) is 0 Å². The summed E-state index contributed by atoms with van der Waals surface area (Å²) < 4.78 is 71.2. The number of carbonyl (C=O) groups is 1. The molecule has 0 fully saturated rings. The van der Waals surface area contributed by atoms with E-state index in [4.69, 9.17) is 5.73 Å². The SMILES string of the molecule is CCOC(=O)Cc1cc(CN)nc(OC(F)(F)F)c1C(F)F. The zero-order valence-corrected chi connectivity index (χ0v) is 11.4. The third kappa shape index (κ3) is 5.10. The van der Waals surface area contributed by atoms with Crippen LogP contribution in [-0.4, -0.2) is 23.9 Å². The van der Waals surface area contributed by atoms with Crippen LogP contribution in [-0.2, 0) is 22.5 Å². The maximum absolute atomic E-state index is 13.1. The molecule has 0 radical (unpaired) electrons. The Bertz CT molecular complexity index is 534. The Morgan fingerprint density at radius 2 is 2.05 bits per heavy atom. The molecule has 0 amide bonds. The summed E-state index contributed by atoms with van der Waals surface area (Å²) in [5.74, 6) is -2.18. The number of ether oxygens (including phenoxy) is 2. The van der Waals surface area contributed by atoms with E-state index in [1.165, 1.54) is 6.92 Å². The number of nitrogens with zero attached hydrogens (tertiary/aromatic N) is 1. The molecular formula is C12H13F5N2O3. The van der Waals surface area contributed by atoms with E-state index in [2.05, 4.69) is 14.5 Å². The average Bonchev–Trinajstić information content (AvgIpc) is 2.35. The van der Waals surface area contributed by atoms with Gasteiger partial charge >= 0.3 is 12.3 Å². The molecule has 0 atom stereocenters. The number of nitrogens with two attached hydrogens (primary N) is 1. The lowest BCUT2D eigenvalue weighted by Crippen LogP contribution is -2.21. The Morgan fingerprint density at radius 1 is 1.41 bits per heavy atom. The monoisotopic (exact) mass is 328 g/mol. The molecule has 124 valence electrons. The normalized spacial score (nSPS) is 11.6. The van der Waals surface area contributed by atoms with E-state index in [1.54, 1.807) is 0 Å². The Kier molecular flexibility index (Phi) is 6.03. The highest BCUT2D eigenvalue weighted by molar-refractivity contribution is 5.73. The van der Waals surface area contributed by atoms with Crippen molar-refractivity contribution in [2.75, 3.05) is 6.61 Å². The zero-order chi connectivity index (χ0) is 16.9. The highest BCUT2D eigenvalue weighted by Gasteiger charge is 2.35. The molecule has 0 bridgehead atoms. The molecule has 0 aliphatic rings. The van der Waals surface area contributed by atoms with E-state index in [-0.39, 0.29) is 24.4 Å². The maximum atomic E-state index is 13.1. The van der Waals surface area contributed by atoms with Crippen LogP contribution >= 0.6 is 0 Å². The minimum absolute atomic E-state index is 0.00355. The van der Waals surface area contributed by atoms with Crippen molar-refractivity contribution in [3.05, 3.63) is 22.9 Å². The predicted octanol–water partition coefficient (Wildman–Crippen LogP) is 2.48. The van der Waals surface area contributed by atoms with Gasteiger partial charge in [-0.25, -0.2) is 13.8 Å². The van der Waals surface area contributed by atoms with Crippen molar-refractivity contribution in [1.29, 1.82) is 0 Å². The summed E-state index contributed by atoms with van der Waals surface area (Å²) in [5, 5.41) is 0. The van der Waals surface area contributed by atoms with Crippen molar-refractivity contribution < 1.29 is 36.2 Å². The first kappa shape index (κ1) is 18.1. The Labute approximate surface area is 122 Å². The van der Waals surface area contributed by atoms with Crippen LogP contribution in [0.4, 0.5) is 22.0 Å². The highest BCUT2D eigenvalue weighted by atomic mass is 19.4. The first-order valence-electron chi connectivity index (χ1n) is 6.10. The lowest BCUT2D eigenvalue weighted by atomic mass is 10.1. The molecule has 1 aromatic rings. The van der Waals surface area contributed by atoms with Crippen LogP contribution in [0.25, 0.3) is 0 Å². The summed E-state index contributed by atoms with van der Waals surface area (Å²) in [6, 6.07) is 1.03. The van der Waals surface area contributed by atoms with Crippen molar-refractivity contribution in [3.63, 3.8) is 0 Å². The van der Waals surface area contributed by atoms with Crippen LogP contribution in [0, 0.1) is 0 Å². The lowest BCUT2D eigenvalue weighted by molar-refractivity contribution is -0.276. The van der Waals surface area contributed by atoms with Crippen LogP contribution in [0.2, 0.25) is 0 Å². The smallest absolute Gasteiger partial charge is 0.466 e. The van der Waals surface area contributed by atoms with E-state index in [1.807, 2.05) is 0 Å². The summed E-state index contributed by atoms with van der Waals surface area (Å²) in [7, 11) is 0. The van der Waals surface area contributed by atoms with Crippen molar-refractivity contribution in [2.24, 2.45) is 5.73 Å². The van der Waals surface area contributed by atoms with Gasteiger partial charge in [0.25, 0.3) is 6.43 Å². The summed E-state index contributed by atoms with van der Waals surface area (Å²) >= 11 is 0. The predicted molar refractivity (Wildman–Crippen MR) is 64.1 cm³/mol. The van der Waals surface area contributed by atoms with Gasteiger partial charge in [0.2, 0.25) is 5.88 Å². The van der Waals surface area contributed by atoms with E-state index in [0.717, 1.165) is 6.07 Å². The number of halogens is 5. The molecule has 2 N–H and O–H groups in total. The molecule has 0 aliphatic carbocycles. The third-order valence-corrected chi connectivity index (χ3v) is 2.44. The third-order valence-electron chi connectivity index (χ3n) is 2.44. The molecule has 0 spiro atoms. The van der Waals surface area contributed by atoms with Gasteiger partial charge in [0.15, 0.2) is 0 Å². The average molecular weight is 328 g/mol. The van der Waals surface area contributed by atoms with Gasteiger partial charge in [0.1, 0.15) is 0 Å². The van der Waals surface area contributed by atoms with Crippen LogP contribution in [0.1, 0.15) is 30.2 Å². The molecule has 5 nitrogen and oxygen atoms in total. The van der Waals surface area contributed by atoms with Crippen LogP contribution in [0.15, 0.2) is 6.07 Å². The number of alkyl halides is 5. The second-order valence-electron chi connectivity index (χ2n) is 4.03. The molecule has 0 aromatic carbocycles. The fourth-order valence-corrected chi connectivity index (χ4v) is 1.68. The van der Waals surface area contributed by atoms with Gasteiger partial charge in [-0.15, -0.1) is 13.2 Å². The molecule has 1 rings (SSSR count). The van der Waals surface area contributed by atoms with E-state index in [0.29, 0.717) is 0 Å². The van der Waals surface area contributed by atoms with Gasteiger partial charge in [0, 0.05) is 6.54 Å². The number of pyridine rings is 1. The number of aromatic nitrogens is 1. The quantitative estimate of drug-likeness (QED) is 0.641. The second kappa shape index (κ2) is 7.34. The van der Waals surface area contributed by atoms with Gasteiger partial charge in [-0.2, -0.15) is 0 Å². The Hall–Kier alpha value is -1.97. The number of rotatable bonds is 6. The second-order valence-corrected chi connectivity index (χ2v) is 4.03. The van der Waals surface area contributed by atoms with E-state index < -0.39 is 36.6 Å². The van der Waals surface area contributed by atoms with Gasteiger partial charge in [-0.05, 0) is 18.6 Å². The molecule has 0 saturated carbocycles. The molecule has 22 heavy (non-hydrogen) atoms. The molecule has 1 aromatic heterocycles. The topological polar surface area (TPSA) is 74.4 Å². The van der Waals surface area contributed by atoms with Crippen molar-refractivity contribution in [1.82, 2.24) is 4.98 Å². The molecule has 1 heterocycles. The van der Waals surface area contributed by atoms with Crippen molar-refractivity contribution in [3.8, 4) is 5.88 Å². The maximum Gasteiger partial charge on any atom is 0.574 e. The van der Waals surface area contributed by atoms with Gasteiger partial charge in [-0.3, -0.25) is 4.79 Å². The Balaban J connectivity index is 3.33. The molecule has 0 aliphatic heterocycles. The van der Waals surface area contributed by atoms with Crippen LogP contribution in [0.5, 0.6) is 5.88 Å². The van der Waals surface area contributed by atoms with Gasteiger partial charge in [0.05, 0.1) is 24.3 Å². The Morgan fingerprint density at radius 3 is 2.50 bits per heavy atom. The summed E-state index contributed by atoms with van der Waals surface area (Å²) in [4.78, 5) is 14.7. The fraction of sp³-hybridized carbons (Fsp3) is 0.500. The molecule has 0 saturated heterocycles. The zero-order valence-electron chi connectivity index (χ0n) is 11.4. The summed E-state index contributed by atoms with van der Waals surface area (Å²) in [5.41, 5.74) is 3.66. The van der Waals surface area contributed by atoms with E-state index >= 15 is 0 Å². The lowest BCUT2D eigenvalue weighted by Gasteiger charge is -2.16. The fourth-order valence-electron chi connectivity index (χ4n) is 1.68. The standard InChI is InChI=1S/C12H13F5N2O3/c1-2-21-8(20)4-6-3-7(5-18)19-11(9(6)10(13)14)22-12(15,16)17/h3,10H,2,4-5,18H2,1H3. The van der Waals surface area contributed by atoms with Crippen molar-refractivity contribution in [2.45, 2.75) is 32.7 Å². The molecular weight excluding hydrogens is 315 g/mol. The highest BCUT2D eigenvalue weighted by Crippen LogP contribution is 2.35. The summed E-state index contributed by atoms with van der Waals surface area (Å²) in [6.07, 6.45) is -9.16. The minimum Gasteiger partial charge on any atom is -0.466 e. The number of carbonyl (C=O) groups excluding carboxylic acids is 1.